The molecule has 1 radical (unpaired) electrons. The highest BCUT2D eigenvalue weighted by atomic mass is 14.4. The molecule has 0 aromatic heterocycles. The van der Waals surface area contributed by atoms with Crippen molar-refractivity contribution in [3.05, 3.63) is 151 Å². The van der Waals surface area contributed by atoms with E-state index in [0.717, 1.165) is 0 Å². The van der Waals surface area contributed by atoms with E-state index in [1.54, 1.807) is 0 Å². The van der Waals surface area contributed by atoms with Crippen molar-refractivity contribution >= 4 is 32.3 Å². The average molecular weight is 408 g/mol. The Bertz CT molecular complexity index is 1380. The largest absolute Gasteiger partial charge is 0.0616 e. The lowest BCUT2D eigenvalue weighted by molar-refractivity contribution is 0.799. The van der Waals surface area contributed by atoms with Crippen molar-refractivity contribution in [3.8, 4) is 0 Å². The first kappa shape index (κ1) is 18.8. The molecule has 0 N–H and O–H groups in total. The molecule has 0 heterocycles. The molecule has 0 aliphatic rings. The lowest BCUT2D eigenvalue weighted by Crippen LogP contribution is -2.27. The van der Waals surface area contributed by atoms with Gasteiger partial charge in [-0.05, 0) is 55.9 Å². The van der Waals surface area contributed by atoms with E-state index in [1.165, 1.54) is 49.0 Å². The summed E-state index contributed by atoms with van der Waals surface area (Å²) in [7, 11) is 0. The molecule has 0 spiro atoms. The number of hydrogen-bond acceptors (Lipinski definition) is 0. The third kappa shape index (κ3) is 2.77. The van der Waals surface area contributed by atoms with E-state index in [9.17, 15) is 0 Å². The molecule has 0 bridgehead atoms. The van der Waals surface area contributed by atoms with Crippen LogP contribution in [0.2, 0.25) is 0 Å². The molecule has 6 rings (SSSR count). The highest BCUT2D eigenvalue weighted by Gasteiger charge is 2.35. The summed E-state index contributed by atoms with van der Waals surface area (Å²) in [6.07, 6.45) is 0. The van der Waals surface area contributed by atoms with Gasteiger partial charge in [-0.3, -0.25) is 0 Å². The highest BCUT2D eigenvalue weighted by molar-refractivity contribution is 5.96. The number of rotatable bonds is 3. The third-order valence-corrected chi connectivity index (χ3v) is 6.75. The second kappa shape index (κ2) is 7.35. The van der Waals surface area contributed by atoms with Gasteiger partial charge in [-0.1, -0.05) is 127 Å². The molecule has 6 aromatic carbocycles. The lowest BCUT2D eigenvalue weighted by Gasteiger charge is -2.35. The molecule has 0 saturated carbocycles. The van der Waals surface area contributed by atoms with Crippen LogP contribution >= 0.6 is 0 Å². The highest BCUT2D eigenvalue weighted by Crippen LogP contribution is 2.46. The van der Waals surface area contributed by atoms with Crippen LogP contribution in [0.15, 0.2) is 127 Å². The monoisotopic (exact) mass is 407 g/mol. The predicted octanol–water partition coefficient (Wildman–Crippen LogP) is 8.31. The first-order valence-electron chi connectivity index (χ1n) is 11.1. The zero-order valence-corrected chi connectivity index (χ0v) is 17.8. The predicted molar refractivity (Wildman–Crippen MR) is 137 cm³/mol. The molecule has 151 valence electrons. The Labute approximate surface area is 188 Å². The second-order valence-corrected chi connectivity index (χ2v) is 8.49. The Kier molecular flexibility index (Phi) is 4.33. The Morgan fingerprint density at radius 3 is 0.969 bits per heavy atom. The van der Waals surface area contributed by atoms with Gasteiger partial charge in [-0.2, -0.15) is 0 Å². The van der Waals surface area contributed by atoms with Crippen molar-refractivity contribution in [2.24, 2.45) is 0 Å². The minimum Gasteiger partial charge on any atom is -0.0616 e. The number of benzene rings is 6. The number of hydrogen-bond donors (Lipinski definition) is 0. The van der Waals surface area contributed by atoms with Crippen molar-refractivity contribution in [1.82, 2.24) is 0 Å². The van der Waals surface area contributed by atoms with Crippen LogP contribution in [-0.4, -0.2) is 0 Å². The first-order valence-corrected chi connectivity index (χ1v) is 11.1. The summed E-state index contributed by atoms with van der Waals surface area (Å²) in [6, 6.07) is 45.7. The Balaban J connectivity index is 1.81. The van der Waals surface area contributed by atoms with Crippen molar-refractivity contribution < 1.29 is 0 Å². The molecule has 0 unspecified atom stereocenters. The topological polar surface area (TPSA) is 0 Å². The standard InChI is InChI=1S/C32H23/c1-32(29-20-8-14-23-11-2-5-17-26(23)29,30-21-9-15-24-12-3-6-18-27(24)30)31-22-10-16-25-13-4-7-19-28(25)31/h2-22H,1H2. The van der Waals surface area contributed by atoms with Crippen molar-refractivity contribution in [1.29, 1.82) is 0 Å². The van der Waals surface area contributed by atoms with E-state index >= 15 is 0 Å². The molecule has 0 heteroatoms. The van der Waals surface area contributed by atoms with E-state index in [2.05, 4.69) is 127 Å². The lowest BCUT2D eigenvalue weighted by atomic mass is 9.67. The van der Waals surface area contributed by atoms with E-state index in [1.807, 2.05) is 0 Å². The van der Waals surface area contributed by atoms with Crippen molar-refractivity contribution in [3.63, 3.8) is 0 Å². The Morgan fingerprint density at radius 1 is 0.344 bits per heavy atom. The maximum absolute atomic E-state index is 5.03. The van der Waals surface area contributed by atoms with Gasteiger partial charge in [-0.15, -0.1) is 0 Å². The second-order valence-electron chi connectivity index (χ2n) is 8.49. The van der Waals surface area contributed by atoms with Gasteiger partial charge in [0.25, 0.3) is 0 Å². The fourth-order valence-corrected chi connectivity index (χ4v) is 5.23. The van der Waals surface area contributed by atoms with Crippen LogP contribution in [0.1, 0.15) is 16.7 Å². The summed E-state index contributed by atoms with van der Waals surface area (Å²) < 4.78 is 0. The average Bonchev–Trinajstić information content (AvgIpc) is 2.87. The van der Waals surface area contributed by atoms with Gasteiger partial charge in [-0.25, -0.2) is 0 Å². The Morgan fingerprint density at radius 2 is 0.625 bits per heavy atom. The number of fused-ring (bicyclic) bond motifs is 3. The minimum atomic E-state index is -0.581. The van der Waals surface area contributed by atoms with E-state index < -0.39 is 5.41 Å². The zero-order valence-electron chi connectivity index (χ0n) is 17.8. The van der Waals surface area contributed by atoms with Crippen LogP contribution < -0.4 is 0 Å². The molecule has 0 fully saturated rings. The minimum absolute atomic E-state index is 0.581. The Hall–Kier alpha value is -3.90. The maximum atomic E-state index is 5.03. The molecule has 0 nitrogen and oxygen atoms in total. The summed E-state index contributed by atoms with van der Waals surface area (Å²) in [5.74, 6) is 0. The van der Waals surface area contributed by atoms with Crippen LogP contribution in [0.3, 0.4) is 0 Å². The van der Waals surface area contributed by atoms with Crippen molar-refractivity contribution in [2.75, 3.05) is 0 Å². The SMILES string of the molecule is [CH2]C(c1cccc2ccccc12)(c1cccc2ccccc12)c1cccc2ccccc12. The fraction of sp³-hybridized carbons (Fsp3) is 0.0312. The van der Waals surface area contributed by atoms with Crippen LogP contribution in [0, 0.1) is 6.92 Å². The van der Waals surface area contributed by atoms with Gasteiger partial charge in [0.2, 0.25) is 0 Å². The van der Waals surface area contributed by atoms with Gasteiger partial charge in [0.05, 0.1) is 0 Å². The molecule has 0 amide bonds. The summed E-state index contributed by atoms with van der Waals surface area (Å²) in [5.41, 5.74) is 3.10. The quantitative estimate of drug-likeness (QED) is 0.259. The van der Waals surface area contributed by atoms with Gasteiger partial charge in [0.1, 0.15) is 0 Å². The molecule has 6 aromatic rings. The van der Waals surface area contributed by atoms with Gasteiger partial charge >= 0.3 is 0 Å². The summed E-state index contributed by atoms with van der Waals surface area (Å²) in [4.78, 5) is 0. The van der Waals surface area contributed by atoms with Gasteiger partial charge in [0, 0.05) is 5.41 Å². The summed E-state index contributed by atoms with van der Waals surface area (Å²) in [5, 5.41) is 7.43. The first-order chi connectivity index (χ1) is 15.8. The molecule has 0 aliphatic carbocycles. The van der Waals surface area contributed by atoms with E-state index in [4.69, 9.17) is 6.92 Å². The normalized spacial score (nSPS) is 11.9. The van der Waals surface area contributed by atoms with Gasteiger partial charge < -0.3 is 0 Å². The van der Waals surface area contributed by atoms with Gasteiger partial charge in [0.15, 0.2) is 0 Å². The molecule has 0 atom stereocenters. The van der Waals surface area contributed by atoms with Crippen LogP contribution in [0.4, 0.5) is 0 Å². The molecule has 0 aliphatic heterocycles. The van der Waals surface area contributed by atoms with E-state index in [-0.39, 0.29) is 0 Å². The smallest absolute Gasteiger partial charge is 0.0470 e. The van der Waals surface area contributed by atoms with E-state index in [0.29, 0.717) is 0 Å². The van der Waals surface area contributed by atoms with Crippen molar-refractivity contribution in [2.45, 2.75) is 5.41 Å². The molecular weight excluding hydrogens is 384 g/mol. The summed E-state index contributed by atoms with van der Waals surface area (Å²) in [6.45, 7) is 5.03. The van der Waals surface area contributed by atoms with Crippen LogP contribution in [0.5, 0.6) is 0 Å². The molecule has 32 heavy (non-hydrogen) atoms. The third-order valence-electron chi connectivity index (χ3n) is 6.75. The molecule has 0 saturated heterocycles. The molecular formula is C32H23. The maximum Gasteiger partial charge on any atom is 0.0470 e. The van der Waals surface area contributed by atoms with Crippen LogP contribution in [0.25, 0.3) is 32.3 Å². The fourth-order valence-electron chi connectivity index (χ4n) is 5.23. The zero-order chi connectivity index (χ0) is 21.5. The van der Waals surface area contributed by atoms with Crippen LogP contribution in [-0.2, 0) is 5.41 Å². The summed E-state index contributed by atoms with van der Waals surface area (Å²) >= 11 is 0.